The molecule has 0 aromatic rings. The Morgan fingerprint density at radius 3 is 2.58 bits per heavy atom. The number of hydrogen-bond donors (Lipinski definition) is 2. The third-order valence-corrected chi connectivity index (χ3v) is 3.74. The lowest BCUT2D eigenvalue weighted by Crippen LogP contribution is -2.57. The summed E-state index contributed by atoms with van der Waals surface area (Å²) >= 11 is 0. The van der Waals surface area contributed by atoms with Crippen molar-refractivity contribution in [1.29, 1.82) is 0 Å². The van der Waals surface area contributed by atoms with Crippen molar-refractivity contribution >= 4 is 17.9 Å². The fraction of sp³-hybridized carbons (Fsp3) is 0.750. The van der Waals surface area contributed by atoms with Crippen LogP contribution in [0.5, 0.6) is 0 Å². The van der Waals surface area contributed by atoms with Crippen molar-refractivity contribution in [2.75, 3.05) is 26.7 Å². The highest BCUT2D eigenvalue weighted by molar-refractivity contribution is 5.87. The lowest BCUT2D eigenvalue weighted by Gasteiger charge is -2.41. The fourth-order valence-corrected chi connectivity index (χ4v) is 2.72. The molecule has 7 heteroatoms. The molecule has 2 aliphatic rings. The van der Waals surface area contributed by atoms with Gasteiger partial charge >= 0.3 is 12.0 Å². The number of nitrogens with one attached hydrogen (secondary N) is 1. The second kappa shape index (κ2) is 5.46. The Hall–Kier alpha value is -1.79. The van der Waals surface area contributed by atoms with Crippen LogP contribution in [0.4, 0.5) is 4.79 Å². The van der Waals surface area contributed by atoms with Crippen LogP contribution in [-0.4, -0.2) is 65.5 Å². The molecule has 7 nitrogen and oxygen atoms in total. The molecule has 19 heavy (non-hydrogen) atoms. The Morgan fingerprint density at radius 2 is 2.00 bits per heavy atom. The second-order valence-corrected chi connectivity index (χ2v) is 5.12. The first-order valence-corrected chi connectivity index (χ1v) is 6.52. The van der Waals surface area contributed by atoms with E-state index in [9.17, 15) is 14.4 Å². The van der Waals surface area contributed by atoms with Gasteiger partial charge in [0.15, 0.2) is 0 Å². The van der Waals surface area contributed by atoms with E-state index in [-0.39, 0.29) is 30.3 Å². The van der Waals surface area contributed by atoms with Gasteiger partial charge in [-0.3, -0.25) is 9.59 Å². The number of carbonyl (C=O) groups excluding carboxylic acids is 2. The van der Waals surface area contributed by atoms with E-state index in [4.69, 9.17) is 5.11 Å². The average Bonchev–Trinajstić information content (AvgIpc) is 2.80. The van der Waals surface area contributed by atoms with E-state index in [1.807, 2.05) is 0 Å². The van der Waals surface area contributed by atoms with Crippen LogP contribution in [0.2, 0.25) is 0 Å². The molecule has 1 atom stereocenters. The predicted molar refractivity (Wildman–Crippen MR) is 66.5 cm³/mol. The number of urea groups is 1. The summed E-state index contributed by atoms with van der Waals surface area (Å²) in [6.07, 6.45) is 1.62. The first-order valence-electron chi connectivity index (χ1n) is 6.52. The molecule has 0 aromatic carbocycles. The number of carbonyl (C=O) groups is 3. The maximum absolute atomic E-state index is 12.2. The molecule has 2 heterocycles. The summed E-state index contributed by atoms with van der Waals surface area (Å²) in [6.45, 7) is 1.54. The molecule has 3 amide bonds. The third kappa shape index (κ3) is 2.80. The van der Waals surface area contributed by atoms with Gasteiger partial charge in [0.2, 0.25) is 5.91 Å². The largest absolute Gasteiger partial charge is 0.481 e. The zero-order valence-corrected chi connectivity index (χ0v) is 11.0. The van der Waals surface area contributed by atoms with Crippen molar-refractivity contribution in [2.24, 2.45) is 5.92 Å². The van der Waals surface area contributed by atoms with Crippen molar-refractivity contribution in [3.8, 4) is 0 Å². The number of amides is 3. The summed E-state index contributed by atoms with van der Waals surface area (Å²) in [4.78, 5) is 37.6. The summed E-state index contributed by atoms with van der Waals surface area (Å²) in [5.41, 5.74) is 0. The van der Waals surface area contributed by atoms with E-state index in [0.29, 0.717) is 26.1 Å². The minimum absolute atomic E-state index is 0.0440. The minimum Gasteiger partial charge on any atom is -0.481 e. The summed E-state index contributed by atoms with van der Waals surface area (Å²) in [6, 6.07) is -0.524. The topological polar surface area (TPSA) is 90.0 Å². The van der Waals surface area contributed by atoms with Crippen LogP contribution in [0.3, 0.4) is 0 Å². The third-order valence-electron chi connectivity index (χ3n) is 3.74. The number of carboxylic acid groups (broad SMARTS) is 1. The number of nitrogens with zero attached hydrogens (tertiary/aromatic N) is 2. The summed E-state index contributed by atoms with van der Waals surface area (Å²) in [5, 5.41) is 11.2. The number of rotatable bonds is 3. The van der Waals surface area contributed by atoms with Crippen LogP contribution in [0.25, 0.3) is 0 Å². The quantitative estimate of drug-likeness (QED) is 0.737. The van der Waals surface area contributed by atoms with Crippen molar-refractivity contribution in [1.82, 2.24) is 15.1 Å². The van der Waals surface area contributed by atoms with Gasteiger partial charge in [0, 0.05) is 32.6 Å². The van der Waals surface area contributed by atoms with E-state index in [2.05, 4.69) is 5.32 Å². The molecule has 0 spiro atoms. The Bertz CT molecular complexity index is 392. The van der Waals surface area contributed by atoms with Crippen LogP contribution in [0.15, 0.2) is 0 Å². The summed E-state index contributed by atoms with van der Waals surface area (Å²) in [7, 11) is 1.57. The Labute approximate surface area is 111 Å². The molecule has 2 rings (SSSR count). The normalized spacial score (nSPS) is 23.1. The molecule has 1 unspecified atom stereocenters. The molecule has 2 N–H and O–H groups in total. The molecule has 0 aromatic heterocycles. The first kappa shape index (κ1) is 13.6. The SMILES string of the molecule is CNC(=O)C1CCCN1C(=O)N1CC(CC(=O)O)C1. The van der Waals surface area contributed by atoms with Gasteiger partial charge < -0.3 is 20.2 Å². The average molecular weight is 269 g/mol. The van der Waals surface area contributed by atoms with Gasteiger partial charge in [-0.15, -0.1) is 0 Å². The molecular formula is C12H19N3O4. The zero-order chi connectivity index (χ0) is 14.0. The maximum Gasteiger partial charge on any atom is 0.320 e. The molecule has 2 fully saturated rings. The standard InChI is InChI=1S/C12H19N3O4/c1-13-11(18)9-3-2-4-15(9)12(19)14-6-8(7-14)5-10(16)17/h8-9H,2-7H2,1H3,(H,13,18)(H,16,17). The van der Waals surface area contributed by atoms with Gasteiger partial charge in [-0.05, 0) is 12.8 Å². The molecule has 0 bridgehead atoms. The van der Waals surface area contributed by atoms with Crippen molar-refractivity contribution in [3.63, 3.8) is 0 Å². The highest BCUT2D eigenvalue weighted by atomic mass is 16.4. The highest BCUT2D eigenvalue weighted by Crippen LogP contribution is 2.25. The molecular weight excluding hydrogens is 250 g/mol. The maximum atomic E-state index is 12.2. The van der Waals surface area contributed by atoms with Crippen molar-refractivity contribution < 1.29 is 19.5 Å². The summed E-state index contributed by atoms with van der Waals surface area (Å²) in [5.74, 6) is -0.919. The lowest BCUT2D eigenvalue weighted by molar-refractivity contribution is -0.139. The molecule has 106 valence electrons. The Balaban J connectivity index is 1.87. The smallest absolute Gasteiger partial charge is 0.320 e. The summed E-state index contributed by atoms with van der Waals surface area (Å²) < 4.78 is 0. The number of carboxylic acids is 1. The van der Waals surface area contributed by atoms with Gasteiger partial charge in [0.1, 0.15) is 6.04 Å². The van der Waals surface area contributed by atoms with Crippen molar-refractivity contribution in [2.45, 2.75) is 25.3 Å². The molecule has 0 saturated carbocycles. The Morgan fingerprint density at radius 1 is 1.32 bits per heavy atom. The van der Waals surface area contributed by atoms with E-state index >= 15 is 0 Å². The second-order valence-electron chi connectivity index (χ2n) is 5.12. The number of likely N-dealkylation sites (tertiary alicyclic amines) is 2. The van der Waals surface area contributed by atoms with Crippen LogP contribution in [-0.2, 0) is 9.59 Å². The number of hydrogen-bond acceptors (Lipinski definition) is 3. The van der Waals surface area contributed by atoms with Gasteiger partial charge in [0.05, 0.1) is 6.42 Å². The molecule has 0 aliphatic carbocycles. The van der Waals surface area contributed by atoms with E-state index in [1.165, 1.54) is 0 Å². The van der Waals surface area contributed by atoms with Gasteiger partial charge in [0.25, 0.3) is 0 Å². The number of aliphatic carboxylic acids is 1. The van der Waals surface area contributed by atoms with Crippen LogP contribution in [0.1, 0.15) is 19.3 Å². The van der Waals surface area contributed by atoms with Crippen LogP contribution >= 0.6 is 0 Å². The van der Waals surface area contributed by atoms with Crippen molar-refractivity contribution in [3.05, 3.63) is 0 Å². The molecule has 0 radical (unpaired) electrons. The minimum atomic E-state index is -0.832. The molecule has 2 saturated heterocycles. The highest BCUT2D eigenvalue weighted by Gasteiger charge is 2.40. The van der Waals surface area contributed by atoms with Gasteiger partial charge in [-0.2, -0.15) is 0 Å². The molecule has 2 aliphatic heterocycles. The van der Waals surface area contributed by atoms with Gasteiger partial charge in [-0.25, -0.2) is 4.79 Å². The van der Waals surface area contributed by atoms with Gasteiger partial charge in [-0.1, -0.05) is 0 Å². The fourth-order valence-electron chi connectivity index (χ4n) is 2.72. The predicted octanol–water partition coefficient (Wildman–Crippen LogP) is -0.277. The lowest BCUT2D eigenvalue weighted by atomic mass is 9.97. The monoisotopic (exact) mass is 269 g/mol. The van der Waals surface area contributed by atoms with E-state index in [1.54, 1.807) is 16.8 Å². The van der Waals surface area contributed by atoms with E-state index in [0.717, 1.165) is 6.42 Å². The zero-order valence-electron chi connectivity index (χ0n) is 11.0. The van der Waals surface area contributed by atoms with Crippen LogP contribution < -0.4 is 5.32 Å². The van der Waals surface area contributed by atoms with Crippen LogP contribution in [0, 0.1) is 5.92 Å². The Kier molecular flexibility index (Phi) is 3.92. The number of likely N-dealkylation sites (N-methyl/N-ethyl adjacent to an activating group) is 1. The van der Waals surface area contributed by atoms with E-state index < -0.39 is 5.97 Å². The first-order chi connectivity index (χ1) is 9.02.